The molecule has 9 heteroatoms. The van der Waals surface area contributed by atoms with Gasteiger partial charge in [0.2, 0.25) is 5.91 Å². The number of fused-ring (bicyclic) bond motifs is 2. The SMILES string of the molecule is Nc1ncnc2cc(CN3CCN(Cc4cc5ccc(Cl)cc5[nH]c4=O)CC3=O)ccc12. The van der Waals surface area contributed by atoms with Gasteiger partial charge < -0.3 is 15.6 Å². The van der Waals surface area contributed by atoms with Gasteiger partial charge in [-0.1, -0.05) is 23.7 Å². The first kappa shape index (κ1) is 20.4. The van der Waals surface area contributed by atoms with Crippen molar-refractivity contribution in [2.45, 2.75) is 13.1 Å². The van der Waals surface area contributed by atoms with E-state index >= 15 is 0 Å². The fourth-order valence-corrected chi connectivity index (χ4v) is 4.25. The molecule has 8 nitrogen and oxygen atoms in total. The molecule has 1 saturated heterocycles. The summed E-state index contributed by atoms with van der Waals surface area (Å²) in [7, 11) is 0. The summed E-state index contributed by atoms with van der Waals surface area (Å²) in [5.74, 6) is 0.473. The van der Waals surface area contributed by atoms with Crippen LogP contribution in [0, 0.1) is 0 Å². The Balaban J connectivity index is 1.27. The van der Waals surface area contributed by atoms with Crippen LogP contribution < -0.4 is 11.3 Å². The molecule has 1 aliphatic heterocycles. The maximum absolute atomic E-state index is 12.8. The van der Waals surface area contributed by atoms with Gasteiger partial charge in [-0.3, -0.25) is 14.5 Å². The molecule has 32 heavy (non-hydrogen) atoms. The molecule has 0 atom stereocenters. The highest BCUT2D eigenvalue weighted by Gasteiger charge is 2.24. The molecule has 0 spiro atoms. The minimum Gasteiger partial charge on any atom is -0.383 e. The van der Waals surface area contributed by atoms with Crippen LogP contribution in [0.2, 0.25) is 5.02 Å². The first-order valence-corrected chi connectivity index (χ1v) is 10.6. The van der Waals surface area contributed by atoms with Crippen molar-refractivity contribution in [2.75, 3.05) is 25.4 Å². The molecule has 2 aromatic carbocycles. The van der Waals surface area contributed by atoms with Crippen LogP contribution in [0.4, 0.5) is 5.82 Å². The summed E-state index contributed by atoms with van der Waals surface area (Å²) in [6.45, 7) is 2.46. The molecule has 0 radical (unpaired) electrons. The van der Waals surface area contributed by atoms with E-state index in [1.165, 1.54) is 6.33 Å². The van der Waals surface area contributed by atoms with Crippen molar-refractivity contribution < 1.29 is 4.79 Å². The van der Waals surface area contributed by atoms with Crippen LogP contribution in [-0.4, -0.2) is 50.3 Å². The monoisotopic (exact) mass is 448 g/mol. The van der Waals surface area contributed by atoms with Gasteiger partial charge in [0.15, 0.2) is 0 Å². The number of halogens is 1. The molecule has 5 rings (SSSR count). The van der Waals surface area contributed by atoms with Gasteiger partial charge in [0, 0.05) is 47.7 Å². The Kier molecular flexibility index (Phi) is 5.24. The number of nitrogens with one attached hydrogen (secondary N) is 1. The number of nitrogens with two attached hydrogens (primary N) is 1. The van der Waals surface area contributed by atoms with Gasteiger partial charge in [0.1, 0.15) is 12.1 Å². The highest BCUT2D eigenvalue weighted by atomic mass is 35.5. The highest BCUT2D eigenvalue weighted by Crippen LogP contribution is 2.20. The van der Waals surface area contributed by atoms with E-state index in [1.54, 1.807) is 12.1 Å². The third-order valence-corrected chi connectivity index (χ3v) is 6.02. The molecular formula is C23H21ClN6O2. The Morgan fingerprint density at radius 2 is 1.91 bits per heavy atom. The van der Waals surface area contributed by atoms with Gasteiger partial charge in [-0.05, 0) is 41.3 Å². The average Bonchev–Trinajstić information content (AvgIpc) is 2.76. The summed E-state index contributed by atoms with van der Waals surface area (Å²) >= 11 is 6.01. The number of carbonyl (C=O) groups excluding carboxylic acids is 1. The van der Waals surface area contributed by atoms with Gasteiger partial charge in [-0.25, -0.2) is 9.97 Å². The van der Waals surface area contributed by atoms with Crippen molar-refractivity contribution in [3.05, 3.63) is 75.3 Å². The molecule has 162 valence electrons. The lowest BCUT2D eigenvalue weighted by Gasteiger charge is -2.34. The van der Waals surface area contributed by atoms with Gasteiger partial charge in [-0.2, -0.15) is 0 Å². The molecule has 0 bridgehead atoms. The van der Waals surface area contributed by atoms with Gasteiger partial charge in [0.05, 0.1) is 12.1 Å². The Labute approximate surface area is 188 Å². The van der Waals surface area contributed by atoms with Crippen molar-refractivity contribution in [1.29, 1.82) is 0 Å². The van der Waals surface area contributed by atoms with Crippen LogP contribution in [-0.2, 0) is 17.9 Å². The van der Waals surface area contributed by atoms with Gasteiger partial charge in [0.25, 0.3) is 5.56 Å². The Hall–Kier alpha value is -3.49. The minimum atomic E-state index is -0.160. The summed E-state index contributed by atoms with van der Waals surface area (Å²) in [4.78, 5) is 40.3. The van der Waals surface area contributed by atoms with E-state index in [0.717, 1.165) is 21.9 Å². The van der Waals surface area contributed by atoms with Crippen LogP contribution in [0.25, 0.3) is 21.8 Å². The number of anilines is 1. The number of piperazine rings is 1. The predicted octanol–water partition coefficient (Wildman–Crippen LogP) is 2.55. The molecular weight excluding hydrogens is 428 g/mol. The van der Waals surface area contributed by atoms with Gasteiger partial charge in [-0.15, -0.1) is 0 Å². The number of pyridine rings is 1. The molecule has 3 heterocycles. The topological polar surface area (TPSA) is 108 Å². The maximum Gasteiger partial charge on any atom is 0.252 e. The number of aromatic amines is 1. The van der Waals surface area contributed by atoms with Crippen LogP contribution in [0.15, 0.2) is 53.6 Å². The molecule has 2 aromatic heterocycles. The quantitative estimate of drug-likeness (QED) is 0.496. The Morgan fingerprint density at radius 3 is 2.75 bits per heavy atom. The van der Waals surface area contributed by atoms with Crippen molar-refractivity contribution >= 4 is 45.1 Å². The van der Waals surface area contributed by atoms with Crippen LogP contribution in [0.3, 0.4) is 0 Å². The maximum atomic E-state index is 12.8. The highest BCUT2D eigenvalue weighted by molar-refractivity contribution is 6.31. The molecule has 0 saturated carbocycles. The molecule has 3 N–H and O–H groups in total. The molecule has 1 amide bonds. The number of hydrogen-bond donors (Lipinski definition) is 2. The number of hydrogen-bond acceptors (Lipinski definition) is 6. The van der Waals surface area contributed by atoms with Crippen molar-refractivity contribution in [1.82, 2.24) is 24.8 Å². The summed E-state index contributed by atoms with van der Waals surface area (Å²) in [5.41, 5.74) is 8.81. The standard InChI is InChI=1S/C23H21ClN6O2/c24-17-3-2-15-8-16(23(32)28-19(15)9-17)11-29-5-6-30(21(31)12-29)10-14-1-4-18-20(7-14)26-13-27-22(18)25/h1-4,7-9,13H,5-6,10-12H2,(H,28,32)(H2,25,26,27). The fourth-order valence-electron chi connectivity index (χ4n) is 4.08. The van der Waals surface area contributed by atoms with Crippen LogP contribution in [0.5, 0.6) is 0 Å². The van der Waals surface area contributed by atoms with Crippen LogP contribution >= 0.6 is 11.6 Å². The molecule has 1 aliphatic rings. The predicted molar refractivity (Wildman–Crippen MR) is 124 cm³/mol. The van der Waals surface area contributed by atoms with Crippen molar-refractivity contribution in [3.63, 3.8) is 0 Å². The number of rotatable bonds is 4. The molecule has 0 aliphatic carbocycles. The van der Waals surface area contributed by atoms with Crippen molar-refractivity contribution in [2.24, 2.45) is 0 Å². The van der Waals surface area contributed by atoms with E-state index in [9.17, 15) is 9.59 Å². The lowest BCUT2D eigenvalue weighted by Crippen LogP contribution is -2.49. The third-order valence-electron chi connectivity index (χ3n) is 5.78. The number of nitrogens with zero attached hydrogens (tertiary/aromatic N) is 4. The summed E-state index contributed by atoms with van der Waals surface area (Å²) < 4.78 is 0. The second kappa shape index (κ2) is 8.22. The summed E-state index contributed by atoms with van der Waals surface area (Å²) in [6, 6.07) is 13.0. The zero-order chi connectivity index (χ0) is 22.2. The summed E-state index contributed by atoms with van der Waals surface area (Å²) in [5, 5.41) is 2.29. The number of amides is 1. The average molecular weight is 449 g/mol. The molecule has 4 aromatic rings. The lowest BCUT2D eigenvalue weighted by molar-refractivity contribution is -0.136. The molecule has 0 unspecified atom stereocenters. The van der Waals surface area contributed by atoms with E-state index in [0.29, 0.717) is 48.1 Å². The number of H-pyrrole nitrogens is 1. The first-order valence-electron chi connectivity index (χ1n) is 10.3. The number of carbonyl (C=O) groups is 1. The fraction of sp³-hybridized carbons (Fsp3) is 0.217. The largest absolute Gasteiger partial charge is 0.383 e. The number of nitrogen functional groups attached to an aromatic ring is 1. The lowest BCUT2D eigenvalue weighted by atomic mass is 10.1. The van der Waals surface area contributed by atoms with Gasteiger partial charge >= 0.3 is 0 Å². The second-order valence-corrected chi connectivity index (χ2v) is 8.43. The zero-order valence-electron chi connectivity index (χ0n) is 17.2. The summed E-state index contributed by atoms with van der Waals surface area (Å²) in [6.07, 6.45) is 1.44. The first-order chi connectivity index (χ1) is 15.5. The third kappa shape index (κ3) is 4.02. The Morgan fingerprint density at radius 1 is 1.03 bits per heavy atom. The van der Waals surface area contributed by atoms with Crippen LogP contribution in [0.1, 0.15) is 11.1 Å². The smallest absolute Gasteiger partial charge is 0.252 e. The normalized spacial score (nSPS) is 15.0. The number of benzene rings is 2. The molecule has 1 fully saturated rings. The van der Waals surface area contributed by atoms with E-state index in [-0.39, 0.29) is 18.0 Å². The van der Waals surface area contributed by atoms with E-state index < -0.39 is 0 Å². The Bertz CT molecular complexity index is 1400. The van der Waals surface area contributed by atoms with Crippen molar-refractivity contribution in [3.8, 4) is 0 Å². The van der Waals surface area contributed by atoms with E-state index in [1.807, 2.05) is 40.1 Å². The second-order valence-electron chi connectivity index (χ2n) is 7.99. The zero-order valence-corrected chi connectivity index (χ0v) is 18.0. The van der Waals surface area contributed by atoms with E-state index in [4.69, 9.17) is 17.3 Å². The minimum absolute atomic E-state index is 0.0301. The number of aromatic nitrogens is 3. The van der Waals surface area contributed by atoms with E-state index in [2.05, 4.69) is 15.0 Å².